The number of nitro benzene ring substituents is 1. The van der Waals surface area contributed by atoms with Crippen molar-refractivity contribution in [2.45, 2.75) is 43.0 Å². The summed E-state index contributed by atoms with van der Waals surface area (Å²) < 4.78 is 38.7. The van der Waals surface area contributed by atoms with Crippen molar-refractivity contribution >= 4 is 27.6 Å². The monoisotopic (exact) mass is 460 g/mol. The first-order chi connectivity index (χ1) is 15.4. The van der Waals surface area contributed by atoms with Gasteiger partial charge in [0.2, 0.25) is 16.8 Å². The molecule has 0 atom stereocenters. The van der Waals surface area contributed by atoms with Crippen molar-refractivity contribution in [3.63, 3.8) is 0 Å². The Kier molecular flexibility index (Phi) is 6.28. The van der Waals surface area contributed by atoms with Crippen LogP contribution in [0.15, 0.2) is 46.4 Å². The summed E-state index contributed by atoms with van der Waals surface area (Å²) >= 11 is 0. The number of fused-ring (bicyclic) bond motifs is 1. The zero-order chi connectivity index (χ0) is 22.7. The van der Waals surface area contributed by atoms with Gasteiger partial charge in [-0.25, -0.2) is 8.42 Å². The molecule has 0 saturated heterocycles. The van der Waals surface area contributed by atoms with Crippen molar-refractivity contribution in [2.75, 3.05) is 19.3 Å². The van der Waals surface area contributed by atoms with E-state index in [9.17, 15) is 18.5 Å². The lowest BCUT2D eigenvalue weighted by Gasteiger charge is -2.30. The summed E-state index contributed by atoms with van der Waals surface area (Å²) in [4.78, 5) is 10.5. The highest BCUT2D eigenvalue weighted by molar-refractivity contribution is 7.89. The highest BCUT2D eigenvalue weighted by atomic mass is 32.2. The number of nitro groups is 1. The number of nitrogens with zero attached hydrogens (tertiary/aromatic N) is 3. The molecule has 1 saturated carbocycles. The van der Waals surface area contributed by atoms with Crippen molar-refractivity contribution in [1.29, 1.82) is 0 Å². The quantitative estimate of drug-likeness (QED) is 0.379. The summed E-state index contributed by atoms with van der Waals surface area (Å²) in [5.41, 5.74) is 3.31. The molecule has 4 rings (SSSR count). The van der Waals surface area contributed by atoms with Crippen LogP contribution in [0.3, 0.4) is 0 Å². The third-order valence-corrected chi connectivity index (χ3v) is 7.67. The van der Waals surface area contributed by atoms with E-state index in [1.54, 1.807) is 18.2 Å². The number of ether oxygens (including phenoxy) is 2. The average Bonchev–Trinajstić information content (AvgIpc) is 3.27. The number of hydrogen-bond donors (Lipinski definition) is 1. The number of hydrogen-bond acceptors (Lipinski definition) is 8. The molecule has 1 N–H and O–H groups in total. The zero-order valence-corrected chi connectivity index (χ0v) is 18.4. The van der Waals surface area contributed by atoms with Crippen LogP contribution in [0.25, 0.3) is 0 Å². The van der Waals surface area contributed by atoms with Gasteiger partial charge in [0.25, 0.3) is 5.69 Å². The molecule has 0 bridgehead atoms. The molecule has 32 heavy (non-hydrogen) atoms. The van der Waals surface area contributed by atoms with Gasteiger partial charge < -0.3 is 9.47 Å². The van der Waals surface area contributed by atoms with Crippen LogP contribution >= 0.6 is 0 Å². The summed E-state index contributed by atoms with van der Waals surface area (Å²) in [5, 5.41) is 15.4. The first kappa shape index (κ1) is 22.0. The Morgan fingerprint density at radius 2 is 1.88 bits per heavy atom. The Hall–Kier alpha value is -3.18. The van der Waals surface area contributed by atoms with E-state index in [0.717, 1.165) is 38.2 Å². The summed E-state index contributed by atoms with van der Waals surface area (Å²) in [6.45, 7) is 0.159. The van der Waals surface area contributed by atoms with Crippen LogP contribution in [-0.2, 0) is 10.0 Å². The molecule has 2 aliphatic rings. The molecule has 10 nitrogen and oxygen atoms in total. The summed E-state index contributed by atoms with van der Waals surface area (Å²) in [6.07, 6.45) is 6.06. The lowest BCUT2D eigenvalue weighted by atomic mass is 9.96. The fourth-order valence-corrected chi connectivity index (χ4v) is 5.47. The van der Waals surface area contributed by atoms with Crippen LogP contribution in [0.4, 0.5) is 11.4 Å². The van der Waals surface area contributed by atoms with Crippen molar-refractivity contribution in [2.24, 2.45) is 5.10 Å². The number of non-ortho nitro benzene ring substituents is 1. The number of anilines is 1. The molecular formula is C21H24N4O6S. The van der Waals surface area contributed by atoms with Crippen molar-refractivity contribution < 1.29 is 22.8 Å². The molecule has 2 aromatic rings. The Balaban J connectivity index is 1.61. The second kappa shape index (κ2) is 9.13. The summed E-state index contributed by atoms with van der Waals surface area (Å²) in [7, 11) is -2.44. The second-order valence-electron chi connectivity index (χ2n) is 7.73. The van der Waals surface area contributed by atoms with Crippen LogP contribution in [0.2, 0.25) is 0 Å². The van der Waals surface area contributed by atoms with E-state index in [1.807, 2.05) is 0 Å². The minimum Gasteiger partial charge on any atom is -0.454 e. The summed E-state index contributed by atoms with van der Waals surface area (Å²) in [5.74, 6) is 1.24. The van der Waals surface area contributed by atoms with Crippen molar-refractivity contribution in [3.05, 3.63) is 52.1 Å². The highest BCUT2D eigenvalue weighted by Gasteiger charge is 2.32. The van der Waals surface area contributed by atoms with Crippen LogP contribution in [0, 0.1) is 10.1 Å². The Morgan fingerprint density at radius 1 is 1.12 bits per heavy atom. The molecule has 1 heterocycles. The van der Waals surface area contributed by atoms with Crippen LogP contribution in [-0.4, -0.2) is 43.7 Å². The van der Waals surface area contributed by atoms with E-state index >= 15 is 0 Å². The van der Waals surface area contributed by atoms with E-state index in [0.29, 0.717) is 17.1 Å². The van der Waals surface area contributed by atoms with Gasteiger partial charge in [-0.2, -0.15) is 9.41 Å². The largest absolute Gasteiger partial charge is 0.454 e. The third-order valence-electron chi connectivity index (χ3n) is 5.72. The molecule has 0 aromatic heterocycles. The average molecular weight is 461 g/mol. The standard InChI is InChI=1S/C21H24N4O6S/c1-24(16-5-3-2-4-6-16)32(28,29)21-12-17(25(26)27)8-9-18(21)23-22-13-15-7-10-19-20(11-15)31-14-30-19/h7-13,16,23H,2-6,14H2,1H3/b22-13-. The number of sulfonamides is 1. The predicted octanol–water partition coefficient (Wildman–Crippen LogP) is 3.72. The smallest absolute Gasteiger partial charge is 0.270 e. The van der Waals surface area contributed by atoms with Gasteiger partial charge in [-0.15, -0.1) is 0 Å². The molecule has 0 radical (unpaired) electrons. The van der Waals surface area contributed by atoms with Gasteiger partial charge >= 0.3 is 0 Å². The second-order valence-corrected chi connectivity index (χ2v) is 9.70. The van der Waals surface area contributed by atoms with Gasteiger partial charge in [0.1, 0.15) is 4.90 Å². The fourth-order valence-electron chi connectivity index (χ4n) is 3.90. The van der Waals surface area contributed by atoms with Gasteiger partial charge in [0, 0.05) is 25.2 Å². The van der Waals surface area contributed by atoms with Gasteiger partial charge in [0.05, 0.1) is 16.8 Å². The molecule has 1 aliphatic carbocycles. The van der Waals surface area contributed by atoms with Crippen LogP contribution in [0.1, 0.15) is 37.7 Å². The molecular weight excluding hydrogens is 436 g/mol. The maximum absolute atomic E-state index is 13.4. The van der Waals surface area contributed by atoms with Crippen LogP contribution < -0.4 is 14.9 Å². The molecule has 11 heteroatoms. The first-order valence-corrected chi connectivity index (χ1v) is 11.8. The minimum absolute atomic E-state index is 0.127. The molecule has 0 unspecified atom stereocenters. The third kappa shape index (κ3) is 4.53. The molecule has 2 aromatic carbocycles. The lowest BCUT2D eigenvalue weighted by Crippen LogP contribution is -2.38. The normalized spacial score (nSPS) is 16.6. The number of nitrogens with one attached hydrogen (secondary N) is 1. The van der Waals surface area contributed by atoms with Gasteiger partial charge in [0.15, 0.2) is 11.5 Å². The molecule has 170 valence electrons. The maximum atomic E-state index is 13.4. The van der Waals surface area contributed by atoms with Crippen molar-refractivity contribution in [3.8, 4) is 11.5 Å². The minimum atomic E-state index is -3.97. The van der Waals surface area contributed by atoms with Crippen LogP contribution in [0.5, 0.6) is 11.5 Å². The Bertz CT molecular complexity index is 1140. The molecule has 0 spiro atoms. The lowest BCUT2D eigenvalue weighted by molar-refractivity contribution is -0.385. The van der Waals surface area contributed by atoms with E-state index in [-0.39, 0.29) is 29.1 Å². The number of hydrazone groups is 1. The number of benzene rings is 2. The maximum Gasteiger partial charge on any atom is 0.270 e. The Labute approximate surface area is 186 Å². The SMILES string of the molecule is CN(C1CCCCC1)S(=O)(=O)c1cc([N+](=O)[O-])ccc1N/N=C\c1ccc2c(c1)OCO2. The fraction of sp³-hybridized carbons (Fsp3) is 0.381. The van der Waals surface area contributed by atoms with E-state index in [1.165, 1.54) is 29.7 Å². The summed E-state index contributed by atoms with van der Waals surface area (Å²) in [6, 6.07) is 8.84. The molecule has 1 aliphatic heterocycles. The van der Waals surface area contributed by atoms with E-state index < -0.39 is 14.9 Å². The van der Waals surface area contributed by atoms with E-state index in [2.05, 4.69) is 10.5 Å². The predicted molar refractivity (Wildman–Crippen MR) is 119 cm³/mol. The van der Waals surface area contributed by atoms with Gasteiger partial charge in [-0.1, -0.05) is 19.3 Å². The molecule has 1 fully saturated rings. The molecule has 0 amide bonds. The number of rotatable bonds is 7. The van der Waals surface area contributed by atoms with Gasteiger partial charge in [-0.3, -0.25) is 15.5 Å². The first-order valence-electron chi connectivity index (χ1n) is 10.3. The van der Waals surface area contributed by atoms with Gasteiger partial charge in [-0.05, 0) is 42.7 Å². The Morgan fingerprint density at radius 3 is 2.62 bits per heavy atom. The van der Waals surface area contributed by atoms with E-state index in [4.69, 9.17) is 9.47 Å². The highest BCUT2D eigenvalue weighted by Crippen LogP contribution is 2.33. The van der Waals surface area contributed by atoms with Crippen molar-refractivity contribution in [1.82, 2.24) is 4.31 Å². The zero-order valence-electron chi connectivity index (χ0n) is 17.6. The topological polar surface area (TPSA) is 123 Å².